The lowest BCUT2D eigenvalue weighted by atomic mass is 10.1. The van der Waals surface area contributed by atoms with E-state index in [-0.39, 0.29) is 0 Å². The molecule has 1 saturated heterocycles. The van der Waals surface area contributed by atoms with Crippen LogP contribution in [0.5, 0.6) is 0 Å². The zero-order valence-electron chi connectivity index (χ0n) is 29.1. The largest absolute Gasteiger partial charge is 0.302 e. The summed E-state index contributed by atoms with van der Waals surface area (Å²) in [5, 5.41) is 0. The first kappa shape index (κ1) is 37.8. The van der Waals surface area contributed by atoms with Crippen LogP contribution in [0.4, 0.5) is 0 Å². The van der Waals surface area contributed by atoms with E-state index in [0.29, 0.717) is 0 Å². The Hall–Kier alpha value is -0.200. The molecule has 1 atom stereocenters. The van der Waals surface area contributed by atoms with Crippen molar-refractivity contribution in [3.05, 3.63) is 0 Å². The van der Waals surface area contributed by atoms with Crippen LogP contribution in [0, 0.1) is 23.7 Å². The number of nitrogens with zero attached hydrogens (tertiary/aromatic N) is 5. The topological polar surface area (TPSA) is 16.2 Å². The van der Waals surface area contributed by atoms with E-state index < -0.39 is 0 Å². The average molecular weight is 566 g/mol. The normalized spacial score (nSPS) is 16.6. The molecule has 1 heterocycles. The molecule has 1 aliphatic rings. The minimum Gasteiger partial charge on any atom is -0.302 e. The van der Waals surface area contributed by atoms with Crippen LogP contribution in [0.15, 0.2) is 0 Å². The van der Waals surface area contributed by atoms with Gasteiger partial charge in [-0.05, 0) is 88.5 Å². The highest BCUT2D eigenvalue weighted by molar-refractivity contribution is 4.75. The molecular weight excluding hydrogens is 490 g/mol. The van der Waals surface area contributed by atoms with Gasteiger partial charge in [-0.1, -0.05) is 75.2 Å². The summed E-state index contributed by atoms with van der Waals surface area (Å²) in [7, 11) is 0. The van der Waals surface area contributed by atoms with Gasteiger partial charge in [0, 0.05) is 65.4 Å². The SMILES string of the molecule is CCCCN(CCC(C)C)CCN(CCC(C)CC)CCN1CCN(CCN(CCC(C)C)CCC(C)C)CC1. The predicted octanol–water partition coefficient (Wildman–Crippen LogP) is 6.88. The van der Waals surface area contributed by atoms with E-state index in [1.165, 1.54) is 143 Å². The van der Waals surface area contributed by atoms with Crippen molar-refractivity contribution in [1.29, 1.82) is 0 Å². The highest BCUT2D eigenvalue weighted by atomic mass is 15.3. The third-order valence-electron chi connectivity index (χ3n) is 9.19. The highest BCUT2D eigenvalue weighted by Gasteiger charge is 2.19. The second kappa shape index (κ2) is 23.3. The number of piperazine rings is 1. The first-order valence-electron chi connectivity index (χ1n) is 17.7. The average Bonchev–Trinajstić information content (AvgIpc) is 2.92. The van der Waals surface area contributed by atoms with E-state index in [0.717, 1.165) is 23.7 Å². The second-order valence-electron chi connectivity index (χ2n) is 14.4. The van der Waals surface area contributed by atoms with Gasteiger partial charge in [0.1, 0.15) is 0 Å². The summed E-state index contributed by atoms with van der Waals surface area (Å²) in [6, 6.07) is 0. The maximum Gasteiger partial charge on any atom is 0.0110 e. The number of hydrogen-bond donors (Lipinski definition) is 0. The van der Waals surface area contributed by atoms with Gasteiger partial charge in [0.25, 0.3) is 0 Å². The molecule has 0 aromatic carbocycles. The third kappa shape index (κ3) is 19.8. The van der Waals surface area contributed by atoms with Crippen LogP contribution in [0.1, 0.15) is 107 Å². The maximum absolute atomic E-state index is 2.80. The lowest BCUT2D eigenvalue weighted by Crippen LogP contribution is -2.50. The molecule has 0 radical (unpaired) electrons. The van der Waals surface area contributed by atoms with Crippen LogP contribution in [0.25, 0.3) is 0 Å². The Morgan fingerprint density at radius 1 is 0.475 bits per heavy atom. The van der Waals surface area contributed by atoms with E-state index in [1.54, 1.807) is 0 Å². The summed E-state index contributed by atoms with van der Waals surface area (Å²) >= 11 is 0. The van der Waals surface area contributed by atoms with Crippen LogP contribution in [-0.2, 0) is 0 Å². The van der Waals surface area contributed by atoms with E-state index >= 15 is 0 Å². The Balaban J connectivity index is 2.50. The van der Waals surface area contributed by atoms with Gasteiger partial charge in [-0.2, -0.15) is 0 Å². The lowest BCUT2D eigenvalue weighted by Gasteiger charge is -2.37. The van der Waals surface area contributed by atoms with Gasteiger partial charge >= 0.3 is 0 Å². The molecule has 1 aliphatic heterocycles. The van der Waals surface area contributed by atoms with E-state index in [4.69, 9.17) is 0 Å². The Morgan fingerprint density at radius 2 is 0.850 bits per heavy atom. The van der Waals surface area contributed by atoms with Gasteiger partial charge in [-0.3, -0.25) is 9.80 Å². The first-order chi connectivity index (χ1) is 19.1. The molecule has 240 valence electrons. The molecule has 40 heavy (non-hydrogen) atoms. The molecule has 0 N–H and O–H groups in total. The van der Waals surface area contributed by atoms with Crippen molar-refractivity contribution in [2.75, 3.05) is 98.2 Å². The molecule has 1 unspecified atom stereocenters. The Kier molecular flexibility index (Phi) is 22.0. The Labute approximate surface area is 253 Å². The van der Waals surface area contributed by atoms with Gasteiger partial charge in [-0.15, -0.1) is 0 Å². The summed E-state index contributed by atoms with van der Waals surface area (Å²) in [6.45, 7) is 40.1. The van der Waals surface area contributed by atoms with Crippen LogP contribution in [0.2, 0.25) is 0 Å². The van der Waals surface area contributed by atoms with Crippen LogP contribution < -0.4 is 0 Å². The van der Waals surface area contributed by atoms with Crippen molar-refractivity contribution in [3.8, 4) is 0 Å². The molecule has 0 aromatic rings. The molecule has 0 saturated carbocycles. The minimum atomic E-state index is 0.799. The molecule has 1 fully saturated rings. The predicted molar refractivity (Wildman–Crippen MR) is 180 cm³/mol. The summed E-state index contributed by atoms with van der Waals surface area (Å²) in [5.41, 5.74) is 0. The molecule has 5 nitrogen and oxygen atoms in total. The standard InChI is InChI=1S/C35H75N5/c1-10-12-17-36(18-13-32(3)4)22-24-38(21-16-35(9)11-2)25-27-40-30-28-39(29-31-40)26-23-37(19-14-33(5)6)20-15-34(7)8/h32-35H,10-31H2,1-9H3. The molecule has 0 amide bonds. The fourth-order valence-corrected chi connectivity index (χ4v) is 5.40. The van der Waals surface area contributed by atoms with E-state index in [1.807, 2.05) is 0 Å². The lowest BCUT2D eigenvalue weighted by molar-refractivity contribution is 0.102. The van der Waals surface area contributed by atoms with Crippen molar-refractivity contribution in [2.24, 2.45) is 23.7 Å². The van der Waals surface area contributed by atoms with Crippen molar-refractivity contribution in [3.63, 3.8) is 0 Å². The van der Waals surface area contributed by atoms with Crippen LogP contribution in [-0.4, -0.2) is 123 Å². The van der Waals surface area contributed by atoms with Crippen LogP contribution >= 0.6 is 0 Å². The maximum atomic E-state index is 2.80. The molecular formula is C35H75N5. The molecule has 0 aromatic heterocycles. The van der Waals surface area contributed by atoms with Gasteiger partial charge < -0.3 is 14.7 Å². The van der Waals surface area contributed by atoms with Gasteiger partial charge in [-0.25, -0.2) is 0 Å². The minimum absolute atomic E-state index is 0.799. The molecule has 1 rings (SSSR count). The zero-order chi connectivity index (χ0) is 29.8. The summed E-state index contributed by atoms with van der Waals surface area (Å²) in [4.78, 5) is 13.8. The summed E-state index contributed by atoms with van der Waals surface area (Å²) in [5.74, 6) is 3.24. The highest BCUT2D eigenvalue weighted by Crippen LogP contribution is 2.11. The quantitative estimate of drug-likeness (QED) is 0.120. The zero-order valence-corrected chi connectivity index (χ0v) is 29.1. The molecule has 5 heteroatoms. The monoisotopic (exact) mass is 566 g/mol. The Bertz CT molecular complexity index is 546. The summed E-state index contributed by atoms with van der Waals surface area (Å²) in [6.07, 6.45) is 9.27. The van der Waals surface area contributed by atoms with Gasteiger partial charge in [0.2, 0.25) is 0 Å². The number of unbranched alkanes of at least 4 members (excludes halogenated alkanes) is 1. The fraction of sp³-hybridized carbons (Fsp3) is 1.00. The molecule has 0 bridgehead atoms. The van der Waals surface area contributed by atoms with E-state index in [2.05, 4.69) is 86.8 Å². The molecule has 0 aliphatic carbocycles. The summed E-state index contributed by atoms with van der Waals surface area (Å²) < 4.78 is 0. The van der Waals surface area contributed by atoms with Crippen molar-refractivity contribution in [1.82, 2.24) is 24.5 Å². The first-order valence-corrected chi connectivity index (χ1v) is 17.7. The smallest absolute Gasteiger partial charge is 0.0110 e. The van der Waals surface area contributed by atoms with Gasteiger partial charge in [0.15, 0.2) is 0 Å². The number of hydrogen-bond acceptors (Lipinski definition) is 5. The third-order valence-corrected chi connectivity index (χ3v) is 9.19. The van der Waals surface area contributed by atoms with Crippen molar-refractivity contribution in [2.45, 2.75) is 107 Å². The van der Waals surface area contributed by atoms with Crippen LogP contribution in [0.3, 0.4) is 0 Å². The van der Waals surface area contributed by atoms with E-state index in [9.17, 15) is 0 Å². The van der Waals surface area contributed by atoms with Crippen molar-refractivity contribution < 1.29 is 0 Å². The fourth-order valence-electron chi connectivity index (χ4n) is 5.40. The molecule has 0 spiro atoms. The van der Waals surface area contributed by atoms with Crippen molar-refractivity contribution >= 4 is 0 Å². The number of rotatable bonds is 25. The second-order valence-corrected chi connectivity index (χ2v) is 14.4. The Morgan fingerprint density at radius 3 is 1.23 bits per heavy atom. The van der Waals surface area contributed by atoms with Gasteiger partial charge in [0.05, 0.1) is 0 Å².